The number of rotatable bonds is 4. The summed E-state index contributed by atoms with van der Waals surface area (Å²) in [5.41, 5.74) is 0.562. The SMILES string of the molecule is CCOC(=O)CC(=O)c1cc2cc(Cl)ccc2o1. The highest BCUT2D eigenvalue weighted by Gasteiger charge is 2.17. The Balaban J connectivity index is 2.20. The number of hydrogen-bond acceptors (Lipinski definition) is 4. The standard InChI is InChI=1S/C13H11ClO4/c1-2-17-13(16)7-10(15)12-6-8-5-9(14)3-4-11(8)18-12/h3-6H,2,7H2,1H3. The van der Waals surface area contributed by atoms with Gasteiger partial charge in [0, 0.05) is 10.4 Å². The smallest absolute Gasteiger partial charge is 0.313 e. The van der Waals surface area contributed by atoms with Gasteiger partial charge in [-0.25, -0.2) is 0 Å². The number of ether oxygens (including phenoxy) is 1. The number of halogens is 1. The van der Waals surface area contributed by atoms with Crippen LogP contribution in [0, 0.1) is 0 Å². The summed E-state index contributed by atoms with van der Waals surface area (Å²) in [5, 5.41) is 1.29. The molecule has 0 unspecified atom stereocenters. The molecule has 0 aliphatic heterocycles. The molecule has 0 aliphatic carbocycles. The zero-order valence-electron chi connectivity index (χ0n) is 9.73. The number of carbonyl (C=O) groups is 2. The molecule has 0 spiro atoms. The van der Waals surface area contributed by atoms with Crippen LogP contribution in [-0.4, -0.2) is 18.4 Å². The van der Waals surface area contributed by atoms with Crippen molar-refractivity contribution in [3.8, 4) is 0 Å². The zero-order valence-corrected chi connectivity index (χ0v) is 10.5. The second kappa shape index (κ2) is 5.23. The van der Waals surface area contributed by atoms with Crippen LogP contribution in [0.2, 0.25) is 5.02 Å². The Kier molecular flexibility index (Phi) is 3.67. The number of fused-ring (bicyclic) bond motifs is 1. The molecule has 18 heavy (non-hydrogen) atoms. The van der Waals surface area contributed by atoms with Crippen molar-refractivity contribution in [2.75, 3.05) is 6.61 Å². The van der Waals surface area contributed by atoms with Crippen LogP contribution in [0.3, 0.4) is 0 Å². The molecule has 0 amide bonds. The number of Topliss-reactive ketones (excluding diaryl/α,β-unsaturated/α-hetero) is 1. The summed E-state index contributed by atoms with van der Waals surface area (Å²) in [7, 11) is 0. The highest BCUT2D eigenvalue weighted by molar-refractivity contribution is 6.31. The van der Waals surface area contributed by atoms with Gasteiger partial charge >= 0.3 is 5.97 Å². The van der Waals surface area contributed by atoms with E-state index in [9.17, 15) is 9.59 Å². The molecule has 1 aromatic heterocycles. The monoisotopic (exact) mass is 266 g/mol. The van der Waals surface area contributed by atoms with E-state index in [-0.39, 0.29) is 18.8 Å². The zero-order chi connectivity index (χ0) is 13.1. The maximum Gasteiger partial charge on any atom is 0.313 e. The summed E-state index contributed by atoms with van der Waals surface area (Å²) in [6.45, 7) is 1.94. The molecule has 0 aliphatic rings. The summed E-state index contributed by atoms with van der Waals surface area (Å²) in [6, 6.07) is 6.62. The predicted molar refractivity (Wildman–Crippen MR) is 66.8 cm³/mol. The fourth-order valence-corrected chi connectivity index (χ4v) is 1.76. The van der Waals surface area contributed by atoms with E-state index >= 15 is 0 Å². The number of hydrogen-bond donors (Lipinski definition) is 0. The Hall–Kier alpha value is -1.81. The molecule has 1 aromatic carbocycles. The molecule has 94 valence electrons. The van der Waals surface area contributed by atoms with Crippen molar-refractivity contribution in [2.45, 2.75) is 13.3 Å². The predicted octanol–water partition coefficient (Wildman–Crippen LogP) is 3.22. The minimum atomic E-state index is -0.555. The van der Waals surface area contributed by atoms with Crippen LogP contribution < -0.4 is 0 Å². The van der Waals surface area contributed by atoms with Gasteiger partial charge in [0.05, 0.1) is 6.61 Å². The third kappa shape index (κ3) is 2.71. The third-order valence-electron chi connectivity index (χ3n) is 2.36. The van der Waals surface area contributed by atoms with E-state index in [0.717, 1.165) is 5.39 Å². The topological polar surface area (TPSA) is 56.5 Å². The van der Waals surface area contributed by atoms with Gasteiger partial charge in [0.2, 0.25) is 5.78 Å². The lowest BCUT2D eigenvalue weighted by Crippen LogP contribution is -2.10. The minimum Gasteiger partial charge on any atom is -0.466 e. The van der Waals surface area contributed by atoms with Crippen molar-refractivity contribution in [2.24, 2.45) is 0 Å². The first-order chi connectivity index (χ1) is 8.60. The number of ketones is 1. The first-order valence-corrected chi connectivity index (χ1v) is 5.86. The van der Waals surface area contributed by atoms with E-state index in [1.165, 1.54) is 0 Å². The van der Waals surface area contributed by atoms with Crippen molar-refractivity contribution in [1.29, 1.82) is 0 Å². The van der Waals surface area contributed by atoms with Crippen LogP contribution in [-0.2, 0) is 9.53 Å². The Morgan fingerprint density at radius 3 is 2.83 bits per heavy atom. The van der Waals surface area contributed by atoms with Gasteiger partial charge in [0.15, 0.2) is 5.76 Å². The molecule has 0 fully saturated rings. The van der Waals surface area contributed by atoms with E-state index in [4.69, 9.17) is 20.8 Å². The maximum absolute atomic E-state index is 11.8. The van der Waals surface area contributed by atoms with Gasteiger partial charge < -0.3 is 9.15 Å². The number of carbonyl (C=O) groups excluding carboxylic acids is 2. The summed E-state index contributed by atoms with van der Waals surface area (Å²) in [6.07, 6.45) is -0.318. The Morgan fingerprint density at radius 2 is 2.11 bits per heavy atom. The summed E-state index contributed by atoms with van der Waals surface area (Å²) in [5.74, 6) is -0.818. The average molecular weight is 267 g/mol. The summed E-state index contributed by atoms with van der Waals surface area (Å²) in [4.78, 5) is 22.9. The molecule has 2 aromatic rings. The van der Waals surface area contributed by atoms with Crippen LogP contribution in [0.4, 0.5) is 0 Å². The van der Waals surface area contributed by atoms with Crippen molar-refractivity contribution in [3.05, 3.63) is 35.0 Å². The molecule has 0 N–H and O–H groups in total. The minimum absolute atomic E-state index is 0.139. The molecule has 4 nitrogen and oxygen atoms in total. The number of esters is 1. The van der Waals surface area contributed by atoms with Crippen molar-refractivity contribution < 1.29 is 18.7 Å². The molecule has 0 radical (unpaired) electrons. The molecule has 0 bridgehead atoms. The largest absolute Gasteiger partial charge is 0.466 e. The van der Waals surface area contributed by atoms with E-state index in [2.05, 4.69) is 0 Å². The molecule has 0 saturated carbocycles. The number of furan rings is 1. The van der Waals surface area contributed by atoms with Gasteiger partial charge in [-0.15, -0.1) is 0 Å². The molecule has 0 atom stereocenters. The van der Waals surface area contributed by atoms with Crippen LogP contribution in [0.1, 0.15) is 23.9 Å². The van der Waals surface area contributed by atoms with Crippen LogP contribution >= 0.6 is 11.6 Å². The quantitative estimate of drug-likeness (QED) is 0.484. The van der Waals surface area contributed by atoms with Gasteiger partial charge in [-0.3, -0.25) is 9.59 Å². The van der Waals surface area contributed by atoms with Gasteiger partial charge in [-0.1, -0.05) is 11.6 Å². The van der Waals surface area contributed by atoms with Crippen LogP contribution in [0.25, 0.3) is 11.0 Å². The van der Waals surface area contributed by atoms with E-state index in [0.29, 0.717) is 10.6 Å². The lowest BCUT2D eigenvalue weighted by molar-refractivity contribution is -0.142. The normalized spacial score (nSPS) is 10.6. The Morgan fingerprint density at radius 1 is 1.33 bits per heavy atom. The first-order valence-electron chi connectivity index (χ1n) is 5.48. The van der Waals surface area contributed by atoms with E-state index in [1.54, 1.807) is 31.2 Å². The van der Waals surface area contributed by atoms with Gasteiger partial charge in [0.1, 0.15) is 12.0 Å². The fourth-order valence-electron chi connectivity index (χ4n) is 1.58. The van der Waals surface area contributed by atoms with Crippen LogP contribution in [0.15, 0.2) is 28.7 Å². The van der Waals surface area contributed by atoms with Gasteiger partial charge in [0.25, 0.3) is 0 Å². The fraction of sp³-hybridized carbons (Fsp3) is 0.231. The maximum atomic E-state index is 11.8. The lowest BCUT2D eigenvalue weighted by atomic mass is 10.2. The summed E-state index contributed by atoms with van der Waals surface area (Å²) >= 11 is 5.83. The highest BCUT2D eigenvalue weighted by atomic mass is 35.5. The Labute approximate surface area is 108 Å². The molecular weight excluding hydrogens is 256 g/mol. The molecule has 2 rings (SSSR count). The Bertz CT molecular complexity index is 600. The molecule has 5 heteroatoms. The van der Waals surface area contributed by atoms with Gasteiger partial charge in [-0.05, 0) is 31.2 Å². The second-order valence-corrected chi connectivity index (χ2v) is 4.13. The van der Waals surface area contributed by atoms with Crippen LogP contribution in [0.5, 0.6) is 0 Å². The van der Waals surface area contributed by atoms with Crippen molar-refractivity contribution >= 4 is 34.3 Å². The second-order valence-electron chi connectivity index (χ2n) is 3.70. The first kappa shape index (κ1) is 12.6. The molecule has 0 saturated heterocycles. The van der Waals surface area contributed by atoms with Gasteiger partial charge in [-0.2, -0.15) is 0 Å². The van der Waals surface area contributed by atoms with Crippen molar-refractivity contribution in [1.82, 2.24) is 0 Å². The average Bonchev–Trinajstić information content (AvgIpc) is 2.72. The van der Waals surface area contributed by atoms with E-state index < -0.39 is 11.8 Å². The number of benzene rings is 1. The summed E-state index contributed by atoms with van der Waals surface area (Å²) < 4.78 is 10.1. The molecular formula is C13H11ClO4. The highest BCUT2D eigenvalue weighted by Crippen LogP contribution is 2.23. The lowest BCUT2D eigenvalue weighted by Gasteiger charge is -1.98. The van der Waals surface area contributed by atoms with Crippen molar-refractivity contribution in [3.63, 3.8) is 0 Å². The van der Waals surface area contributed by atoms with E-state index in [1.807, 2.05) is 0 Å². The molecule has 1 heterocycles. The third-order valence-corrected chi connectivity index (χ3v) is 2.60.